The number of nitro benzene ring substituents is 1. The van der Waals surface area contributed by atoms with Gasteiger partial charge >= 0.3 is 12.1 Å². The SMILES string of the molecule is COc1ccc(C(=O)Oc2ccc([N+](=O)[O-])cc2)c2c3c(sc12)CN(C(=O)OC(C)(C)C)CC3. The molecule has 1 aromatic heterocycles. The Balaban J connectivity index is 1.66. The minimum Gasteiger partial charge on any atom is -0.495 e. The number of hydrogen-bond acceptors (Lipinski definition) is 8. The Morgan fingerprint density at radius 2 is 1.82 bits per heavy atom. The Bertz CT molecular complexity index is 1280. The van der Waals surface area contributed by atoms with Gasteiger partial charge in [-0.1, -0.05) is 0 Å². The number of hydrogen-bond donors (Lipinski definition) is 0. The molecule has 0 fully saturated rings. The van der Waals surface area contributed by atoms with Crippen LogP contribution in [0.25, 0.3) is 10.1 Å². The quantitative estimate of drug-likeness (QED) is 0.213. The Hall–Kier alpha value is -3.66. The second kappa shape index (κ2) is 8.94. The molecule has 0 saturated heterocycles. The number of amides is 1. The fourth-order valence-corrected chi connectivity index (χ4v) is 5.17. The van der Waals surface area contributed by atoms with Crippen LogP contribution in [0, 0.1) is 10.1 Å². The number of methoxy groups -OCH3 is 1. The van der Waals surface area contributed by atoms with Crippen molar-refractivity contribution in [3.63, 3.8) is 0 Å². The summed E-state index contributed by atoms with van der Waals surface area (Å²) in [6, 6.07) is 8.70. The normalized spacial score (nSPS) is 13.4. The van der Waals surface area contributed by atoms with Gasteiger partial charge in [-0.05, 0) is 57.0 Å². The summed E-state index contributed by atoms with van der Waals surface area (Å²) >= 11 is 1.48. The molecule has 2 aromatic carbocycles. The number of carbonyl (C=O) groups is 2. The van der Waals surface area contributed by atoms with Crippen LogP contribution < -0.4 is 9.47 Å². The van der Waals surface area contributed by atoms with Gasteiger partial charge in [0.15, 0.2) is 0 Å². The first-order valence-electron chi connectivity index (χ1n) is 10.6. The molecule has 1 aliphatic rings. The van der Waals surface area contributed by atoms with E-state index in [0.29, 0.717) is 30.8 Å². The molecule has 0 N–H and O–H groups in total. The zero-order valence-corrected chi connectivity index (χ0v) is 20.1. The van der Waals surface area contributed by atoms with Crippen LogP contribution in [0.1, 0.15) is 41.6 Å². The van der Waals surface area contributed by atoms with Gasteiger partial charge in [-0.3, -0.25) is 10.1 Å². The number of rotatable bonds is 4. The Labute approximate surface area is 200 Å². The van der Waals surface area contributed by atoms with Gasteiger partial charge in [-0.15, -0.1) is 11.3 Å². The van der Waals surface area contributed by atoms with Gasteiger partial charge in [0.2, 0.25) is 0 Å². The highest BCUT2D eigenvalue weighted by molar-refractivity contribution is 7.19. The maximum Gasteiger partial charge on any atom is 0.410 e. The molecule has 0 bridgehead atoms. The molecular formula is C24H24N2O7S. The summed E-state index contributed by atoms with van der Waals surface area (Å²) in [7, 11) is 1.56. The van der Waals surface area contributed by atoms with Crippen molar-refractivity contribution in [2.24, 2.45) is 0 Å². The number of esters is 1. The number of ether oxygens (including phenoxy) is 3. The Kier molecular flexibility index (Phi) is 6.18. The third-order valence-electron chi connectivity index (χ3n) is 5.30. The average Bonchev–Trinajstić information content (AvgIpc) is 3.16. The van der Waals surface area contributed by atoms with Crippen LogP contribution in [0.3, 0.4) is 0 Å². The highest BCUT2D eigenvalue weighted by atomic mass is 32.1. The first-order chi connectivity index (χ1) is 16.1. The van der Waals surface area contributed by atoms with E-state index in [2.05, 4.69) is 0 Å². The van der Waals surface area contributed by atoms with E-state index < -0.39 is 16.5 Å². The van der Waals surface area contributed by atoms with Crippen molar-refractivity contribution in [2.75, 3.05) is 13.7 Å². The molecule has 34 heavy (non-hydrogen) atoms. The van der Waals surface area contributed by atoms with Gasteiger partial charge < -0.3 is 19.1 Å². The highest BCUT2D eigenvalue weighted by Crippen LogP contribution is 2.42. The molecule has 4 rings (SSSR count). The molecule has 10 heteroatoms. The molecule has 0 aliphatic carbocycles. The summed E-state index contributed by atoms with van der Waals surface area (Å²) in [5.74, 6) is 0.265. The van der Waals surface area contributed by atoms with Gasteiger partial charge in [0.1, 0.15) is 17.1 Å². The summed E-state index contributed by atoms with van der Waals surface area (Å²) in [5, 5.41) is 11.6. The topological polar surface area (TPSA) is 108 Å². The molecule has 3 aromatic rings. The Morgan fingerprint density at radius 3 is 2.44 bits per heavy atom. The summed E-state index contributed by atoms with van der Waals surface area (Å²) in [6.45, 7) is 6.32. The maximum absolute atomic E-state index is 13.1. The molecular weight excluding hydrogens is 460 g/mol. The smallest absolute Gasteiger partial charge is 0.410 e. The van der Waals surface area contributed by atoms with E-state index in [4.69, 9.17) is 14.2 Å². The first kappa shape index (κ1) is 23.5. The second-order valence-electron chi connectivity index (χ2n) is 8.82. The largest absolute Gasteiger partial charge is 0.495 e. The maximum atomic E-state index is 13.1. The minimum absolute atomic E-state index is 0.0897. The number of nitro groups is 1. The molecule has 0 radical (unpaired) electrons. The number of non-ortho nitro benzene ring substituents is 1. The predicted molar refractivity (Wildman–Crippen MR) is 127 cm³/mol. The molecule has 9 nitrogen and oxygen atoms in total. The summed E-state index contributed by atoms with van der Waals surface area (Å²) in [4.78, 5) is 38.6. The van der Waals surface area contributed by atoms with Crippen LogP contribution in [-0.2, 0) is 17.7 Å². The van der Waals surface area contributed by atoms with Crippen molar-refractivity contribution in [3.05, 3.63) is 62.5 Å². The van der Waals surface area contributed by atoms with Gasteiger partial charge in [-0.2, -0.15) is 0 Å². The highest BCUT2D eigenvalue weighted by Gasteiger charge is 2.30. The molecule has 0 saturated carbocycles. The number of thiophene rings is 1. The Morgan fingerprint density at radius 1 is 1.12 bits per heavy atom. The van der Waals surface area contributed by atoms with E-state index in [0.717, 1.165) is 20.5 Å². The van der Waals surface area contributed by atoms with E-state index >= 15 is 0 Å². The lowest BCUT2D eigenvalue weighted by atomic mass is 9.99. The van der Waals surface area contributed by atoms with E-state index in [-0.39, 0.29) is 17.5 Å². The molecule has 1 amide bonds. The van der Waals surface area contributed by atoms with Crippen molar-refractivity contribution in [2.45, 2.75) is 39.3 Å². The van der Waals surface area contributed by atoms with Gasteiger partial charge in [0, 0.05) is 28.9 Å². The average molecular weight is 485 g/mol. The van der Waals surface area contributed by atoms with Crippen LogP contribution in [0.5, 0.6) is 11.5 Å². The minimum atomic E-state index is -0.588. The second-order valence-corrected chi connectivity index (χ2v) is 9.92. The van der Waals surface area contributed by atoms with Gasteiger partial charge in [0.25, 0.3) is 5.69 Å². The van der Waals surface area contributed by atoms with E-state index in [9.17, 15) is 19.7 Å². The van der Waals surface area contributed by atoms with Crippen LogP contribution in [-0.4, -0.2) is 41.1 Å². The van der Waals surface area contributed by atoms with Gasteiger partial charge in [-0.25, -0.2) is 9.59 Å². The van der Waals surface area contributed by atoms with E-state index in [1.807, 2.05) is 20.8 Å². The molecule has 0 spiro atoms. The van der Waals surface area contributed by atoms with Crippen LogP contribution in [0.15, 0.2) is 36.4 Å². The molecule has 2 heterocycles. The fourth-order valence-electron chi connectivity index (χ4n) is 3.79. The van der Waals surface area contributed by atoms with Crippen molar-refractivity contribution < 1.29 is 28.7 Å². The third-order valence-corrected chi connectivity index (χ3v) is 6.53. The van der Waals surface area contributed by atoms with Crippen LogP contribution in [0.4, 0.5) is 10.5 Å². The van der Waals surface area contributed by atoms with E-state index in [1.165, 1.54) is 35.6 Å². The van der Waals surface area contributed by atoms with Crippen molar-refractivity contribution in [3.8, 4) is 11.5 Å². The lowest BCUT2D eigenvalue weighted by molar-refractivity contribution is -0.384. The lowest BCUT2D eigenvalue weighted by Gasteiger charge is -2.30. The third kappa shape index (κ3) is 4.67. The van der Waals surface area contributed by atoms with Crippen LogP contribution in [0.2, 0.25) is 0 Å². The molecule has 0 unspecified atom stereocenters. The lowest BCUT2D eigenvalue weighted by Crippen LogP contribution is -2.39. The summed E-state index contributed by atoms with van der Waals surface area (Å²) in [5.41, 5.74) is 0.676. The number of benzene rings is 2. The zero-order chi connectivity index (χ0) is 24.6. The van der Waals surface area contributed by atoms with Gasteiger partial charge in [0.05, 0.1) is 28.8 Å². The summed E-state index contributed by atoms with van der Waals surface area (Å²) < 4.78 is 17.3. The van der Waals surface area contributed by atoms with E-state index in [1.54, 1.807) is 24.1 Å². The molecule has 178 valence electrons. The van der Waals surface area contributed by atoms with Crippen LogP contribution >= 0.6 is 11.3 Å². The zero-order valence-electron chi connectivity index (χ0n) is 19.2. The fraction of sp³-hybridized carbons (Fsp3) is 0.333. The van der Waals surface area contributed by atoms with Crippen molar-refractivity contribution in [1.29, 1.82) is 0 Å². The van der Waals surface area contributed by atoms with Crippen molar-refractivity contribution in [1.82, 2.24) is 4.90 Å². The monoisotopic (exact) mass is 484 g/mol. The standard InChI is InChI=1S/C24H24N2O7S/c1-24(2,3)33-23(28)25-12-11-16-19(13-25)34-21-18(31-4)10-9-17(20(16)21)22(27)32-15-7-5-14(6-8-15)26(29)30/h5-10H,11-13H2,1-4H3. The molecule has 0 atom stereocenters. The number of nitrogens with zero attached hydrogens (tertiary/aromatic N) is 2. The van der Waals surface area contributed by atoms with Crippen molar-refractivity contribution >= 4 is 39.2 Å². The predicted octanol–water partition coefficient (Wildman–Crippen LogP) is 5.33. The first-order valence-corrected chi connectivity index (χ1v) is 11.4. The summed E-state index contributed by atoms with van der Waals surface area (Å²) in [6.07, 6.45) is 0.180. The molecule has 1 aliphatic heterocycles. The number of fused-ring (bicyclic) bond motifs is 3. The number of carbonyl (C=O) groups excluding carboxylic acids is 2.